The van der Waals surface area contributed by atoms with Crippen LogP contribution in [0.3, 0.4) is 0 Å². The number of nitrogens with zero attached hydrogens (tertiary/aromatic N) is 1. The molecule has 0 amide bonds. The zero-order valence-electron chi connectivity index (χ0n) is 17.2. The number of nitrogens with one attached hydrogen (secondary N) is 2. The van der Waals surface area contributed by atoms with Gasteiger partial charge in [0.15, 0.2) is 13.3 Å². The maximum absolute atomic E-state index is 12.8. The van der Waals surface area contributed by atoms with Crippen LogP contribution in [0.5, 0.6) is 5.75 Å². The predicted octanol–water partition coefficient (Wildman–Crippen LogP) is 1.03. The first-order chi connectivity index (χ1) is 13.6. The van der Waals surface area contributed by atoms with Gasteiger partial charge < -0.3 is 24.4 Å². The molecule has 1 fully saturated rings. The summed E-state index contributed by atoms with van der Waals surface area (Å²) in [5.74, 6) is -1.55. The summed E-state index contributed by atoms with van der Waals surface area (Å²) in [5, 5.41) is 4.03. The average molecular weight is 409 g/mol. The van der Waals surface area contributed by atoms with E-state index in [-0.39, 0.29) is 19.9 Å². The minimum atomic E-state index is -1.83. The van der Waals surface area contributed by atoms with Gasteiger partial charge in [0, 0.05) is 5.69 Å². The van der Waals surface area contributed by atoms with Crippen molar-refractivity contribution < 1.29 is 33.3 Å². The average Bonchev–Trinajstić information content (AvgIpc) is 2.96. The third-order valence-electron chi connectivity index (χ3n) is 3.86. The molecule has 0 aromatic heterocycles. The van der Waals surface area contributed by atoms with E-state index in [0.717, 1.165) is 0 Å². The van der Waals surface area contributed by atoms with Crippen LogP contribution in [0, 0.1) is 0 Å². The highest BCUT2D eigenvalue weighted by Gasteiger charge is 2.59. The van der Waals surface area contributed by atoms with Crippen LogP contribution < -0.4 is 15.5 Å². The van der Waals surface area contributed by atoms with Gasteiger partial charge >= 0.3 is 17.9 Å². The Labute approximate surface area is 169 Å². The SMILES string of the molecule is CCOC(=O)COc1ccc(NN2COC(=O)C2(NC)C(=O)OC(C)(C)C)cc1. The predicted molar refractivity (Wildman–Crippen MR) is 103 cm³/mol. The number of hydrazine groups is 1. The topological polar surface area (TPSA) is 115 Å². The monoisotopic (exact) mass is 409 g/mol. The van der Waals surface area contributed by atoms with Crippen molar-refractivity contribution in [1.82, 2.24) is 10.3 Å². The summed E-state index contributed by atoms with van der Waals surface area (Å²) in [4.78, 5) is 36.5. The van der Waals surface area contributed by atoms with E-state index in [1.807, 2.05) is 0 Å². The Bertz CT molecular complexity index is 745. The molecule has 10 nitrogen and oxygen atoms in total. The first kappa shape index (κ1) is 22.4. The quantitative estimate of drug-likeness (QED) is 0.366. The molecule has 1 aromatic rings. The smallest absolute Gasteiger partial charge is 0.356 e. The van der Waals surface area contributed by atoms with E-state index in [4.69, 9.17) is 18.9 Å². The largest absolute Gasteiger partial charge is 0.482 e. The van der Waals surface area contributed by atoms with Crippen molar-refractivity contribution >= 4 is 23.6 Å². The maximum atomic E-state index is 12.8. The van der Waals surface area contributed by atoms with Gasteiger partial charge in [-0.15, -0.1) is 5.01 Å². The lowest BCUT2D eigenvalue weighted by Crippen LogP contribution is -2.66. The second kappa shape index (κ2) is 9.10. The molecule has 1 unspecified atom stereocenters. The summed E-state index contributed by atoms with van der Waals surface area (Å²) in [7, 11) is 1.47. The van der Waals surface area contributed by atoms with Gasteiger partial charge in [0.2, 0.25) is 0 Å². The van der Waals surface area contributed by atoms with Crippen molar-refractivity contribution in [2.75, 3.05) is 32.4 Å². The molecule has 1 aliphatic rings. The number of carbonyl (C=O) groups is 3. The first-order valence-electron chi connectivity index (χ1n) is 9.14. The second-order valence-corrected chi connectivity index (χ2v) is 7.18. The number of esters is 3. The van der Waals surface area contributed by atoms with Crippen molar-refractivity contribution in [2.45, 2.75) is 39.0 Å². The van der Waals surface area contributed by atoms with E-state index >= 15 is 0 Å². The number of cyclic esters (lactones) is 1. The van der Waals surface area contributed by atoms with Gasteiger partial charge in [-0.1, -0.05) is 0 Å². The number of anilines is 1. The molecular formula is C19H27N3O7. The van der Waals surface area contributed by atoms with Crippen LogP contribution in [0.15, 0.2) is 24.3 Å². The summed E-state index contributed by atoms with van der Waals surface area (Å²) in [6.45, 7) is 6.76. The maximum Gasteiger partial charge on any atom is 0.356 e. The molecule has 0 bridgehead atoms. The van der Waals surface area contributed by atoms with E-state index in [0.29, 0.717) is 11.4 Å². The van der Waals surface area contributed by atoms with Crippen LogP contribution in [0.4, 0.5) is 5.69 Å². The minimum Gasteiger partial charge on any atom is -0.482 e. The summed E-state index contributed by atoms with van der Waals surface area (Å²) in [6, 6.07) is 6.60. The Balaban J connectivity index is 2.10. The Morgan fingerprint density at radius 1 is 1.24 bits per heavy atom. The van der Waals surface area contributed by atoms with Crippen LogP contribution in [0.2, 0.25) is 0 Å². The van der Waals surface area contributed by atoms with Gasteiger partial charge in [0.25, 0.3) is 5.66 Å². The summed E-state index contributed by atoms with van der Waals surface area (Å²) in [6.07, 6.45) is 0. The molecule has 2 rings (SSSR count). The number of ether oxygens (including phenoxy) is 4. The van der Waals surface area contributed by atoms with Gasteiger partial charge in [-0.3, -0.25) is 5.32 Å². The van der Waals surface area contributed by atoms with Crippen molar-refractivity contribution in [3.8, 4) is 5.75 Å². The molecule has 1 saturated heterocycles. The summed E-state index contributed by atoms with van der Waals surface area (Å²) >= 11 is 0. The van der Waals surface area contributed by atoms with Crippen molar-refractivity contribution in [2.24, 2.45) is 0 Å². The third-order valence-corrected chi connectivity index (χ3v) is 3.86. The fraction of sp³-hybridized carbons (Fsp3) is 0.526. The summed E-state index contributed by atoms with van der Waals surface area (Å²) < 4.78 is 20.6. The molecular weight excluding hydrogens is 382 g/mol. The van der Waals surface area contributed by atoms with E-state index in [1.165, 1.54) is 12.1 Å². The van der Waals surface area contributed by atoms with E-state index in [1.54, 1.807) is 52.0 Å². The molecule has 0 radical (unpaired) electrons. The second-order valence-electron chi connectivity index (χ2n) is 7.18. The van der Waals surface area contributed by atoms with E-state index < -0.39 is 29.2 Å². The molecule has 0 spiro atoms. The molecule has 0 saturated carbocycles. The number of rotatable bonds is 8. The Morgan fingerprint density at radius 2 is 1.90 bits per heavy atom. The van der Waals surface area contributed by atoms with Crippen LogP contribution >= 0.6 is 0 Å². The first-order valence-corrected chi connectivity index (χ1v) is 9.14. The molecule has 1 aliphatic heterocycles. The van der Waals surface area contributed by atoms with Gasteiger partial charge in [0.1, 0.15) is 11.4 Å². The minimum absolute atomic E-state index is 0.167. The molecule has 2 N–H and O–H groups in total. The van der Waals surface area contributed by atoms with E-state index in [2.05, 4.69) is 10.7 Å². The molecule has 1 heterocycles. The van der Waals surface area contributed by atoms with Gasteiger partial charge in [-0.05, 0) is 59.0 Å². The highest BCUT2D eigenvalue weighted by atomic mass is 16.6. The fourth-order valence-corrected chi connectivity index (χ4v) is 2.56. The zero-order chi connectivity index (χ0) is 21.7. The van der Waals surface area contributed by atoms with Crippen LogP contribution in [-0.2, 0) is 28.6 Å². The van der Waals surface area contributed by atoms with Crippen molar-refractivity contribution in [3.05, 3.63) is 24.3 Å². The Hall–Kier alpha value is -2.85. The Kier molecular flexibility index (Phi) is 7.04. The molecule has 1 aromatic carbocycles. The van der Waals surface area contributed by atoms with Crippen LogP contribution in [-0.4, -0.2) is 61.2 Å². The standard InChI is InChI=1S/C19H27N3O7/c1-6-26-15(23)11-27-14-9-7-13(8-10-14)21-22-12-28-16(24)19(22,20-5)17(25)29-18(2,3)4/h7-10,20-21H,6,11-12H2,1-5H3. The van der Waals surface area contributed by atoms with Crippen molar-refractivity contribution in [3.63, 3.8) is 0 Å². The lowest BCUT2D eigenvalue weighted by molar-refractivity contribution is -0.172. The molecule has 29 heavy (non-hydrogen) atoms. The zero-order valence-corrected chi connectivity index (χ0v) is 17.2. The normalized spacial score (nSPS) is 19.4. The highest BCUT2D eigenvalue weighted by molar-refractivity contribution is 6.05. The lowest BCUT2D eigenvalue weighted by atomic mass is 10.1. The van der Waals surface area contributed by atoms with Gasteiger partial charge in [-0.2, -0.15) is 0 Å². The number of likely N-dealkylation sites (N-methyl/N-ethyl adjacent to an activating group) is 1. The molecule has 0 aliphatic carbocycles. The lowest BCUT2D eigenvalue weighted by Gasteiger charge is -2.34. The van der Waals surface area contributed by atoms with Gasteiger partial charge in [0.05, 0.1) is 6.61 Å². The van der Waals surface area contributed by atoms with Crippen molar-refractivity contribution in [1.29, 1.82) is 0 Å². The van der Waals surface area contributed by atoms with Crippen LogP contribution in [0.25, 0.3) is 0 Å². The van der Waals surface area contributed by atoms with Crippen LogP contribution in [0.1, 0.15) is 27.7 Å². The number of benzene rings is 1. The number of hydrogen-bond donors (Lipinski definition) is 2. The Morgan fingerprint density at radius 3 is 2.45 bits per heavy atom. The van der Waals surface area contributed by atoms with Gasteiger partial charge in [-0.25, -0.2) is 14.4 Å². The number of carbonyl (C=O) groups excluding carboxylic acids is 3. The molecule has 1 atom stereocenters. The fourth-order valence-electron chi connectivity index (χ4n) is 2.56. The number of hydrogen-bond acceptors (Lipinski definition) is 10. The molecule has 160 valence electrons. The summed E-state index contributed by atoms with van der Waals surface area (Å²) in [5.41, 5.74) is 0.923. The highest BCUT2D eigenvalue weighted by Crippen LogP contribution is 2.27. The molecule has 10 heteroatoms. The third kappa shape index (κ3) is 5.36. The van der Waals surface area contributed by atoms with E-state index in [9.17, 15) is 14.4 Å².